The van der Waals surface area contributed by atoms with Gasteiger partial charge in [0.2, 0.25) is 0 Å². The number of carbonyl (C=O) groups excluding carboxylic acids is 1. The van der Waals surface area contributed by atoms with Gasteiger partial charge in [-0.2, -0.15) is 0 Å². The minimum absolute atomic E-state index is 0.0879. The van der Waals surface area contributed by atoms with E-state index in [0.717, 1.165) is 6.07 Å². The number of carbonyl (C=O) groups is 1. The molecule has 0 radical (unpaired) electrons. The van der Waals surface area contributed by atoms with Crippen LogP contribution in [0, 0.1) is 15.9 Å². The summed E-state index contributed by atoms with van der Waals surface area (Å²) in [5.74, 6) is -0.694. The third-order valence-electron chi connectivity index (χ3n) is 2.75. The highest BCUT2D eigenvalue weighted by Gasteiger charge is 2.17. The molecular weight excluding hydrogens is 301 g/mol. The van der Waals surface area contributed by atoms with Gasteiger partial charge in [0.25, 0.3) is 0 Å². The Morgan fingerprint density at radius 2 is 2.10 bits per heavy atom. The maximum Gasteiger partial charge on any atom is 0.310 e. The quantitative estimate of drug-likeness (QED) is 0.479. The molecule has 0 aliphatic heterocycles. The summed E-state index contributed by atoms with van der Waals surface area (Å²) in [6.07, 6.45) is 0.534. The third kappa shape index (κ3) is 3.35. The predicted molar refractivity (Wildman–Crippen MR) is 74.2 cm³/mol. The van der Waals surface area contributed by atoms with Crippen molar-refractivity contribution in [2.75, 3.05) is 0 Å². The molecule has 0 saturated carbocycles. The van der Waals surface area contributed by atoms with Gasteiger partial charge in [0, 0.05) is 17.2 Å². The van der Waals surface area contributed by atoms with Crippen molar-refractivity contribution in [3.8, 4) is 5.75 Å². The Morgan fingerprint density at radius 1 is 1.33 bits per heavy atom. The Bertz CT molecular complexity index is 685. The second-order valence-electron chi connectivity index (χ2n) is 4.09. The fourth-order valence-electron chi connectivity index (χ4n) is 1.69. The van der Waals surface area contributed by atoms with Crippen LogP contribution in [0.15, 0.2) is 36.4 Å². The first-order valence-electron chi connectivity index (χ1n) is 5.82. The number of benzene rings is 2. The third-order valence-corrected chi connectivity index (χ3v) is 3.10. The first-order chi connectivity index (χ1) is 10.0. The number of ether oxygens (including phenoxy) is 1. The van der Waals surface area contributed by atoms with Gasteiger partial charge in [0.05, 0.1) is 9.95 Å². The monoisotopic (exact) mass is 309 g/mol. The highest BCUT2D eigenvalue weighted by Crippen LogP contribution is 2.29. The number of halogens is 2. The van der Waals surface area contributed by atoms with Crippen molar-refractivity contribution in [1.82, 2.24) is 0 Å². The standard InChI is InChI=1S/C14H9ClFNO4/c15-11-2-1-3-12(16)10(11)8-21-14-6-9(7-18)4-5-13(14)17(19)20/h1-7H,8H2. The molecule has 2 rings (SSSR count). The van der Waals surface area contributed by atoms with Crippen molar-refractivity contribution in [3.63, 3.8) is 0 Å². The summed E-state index contributed by atoms with van der Waals surface area (Å²) < 4.78 is 18.9. The van der Waals surface area contributed by atoms with Crippen molar-refractivity contribution in [2.45, 2.75) is 6.61 Å². The van der Waals surface area contributed by atoms with Gasteiger partial charge < -0.3 is 4.74 Å². The normalized spacial score (nSPS) is 10.2. The first kappa shape index (κ1) is 14.9. The van der Waals surface area contributed by atoms with Gasteiger partial charge in [-0.05, 0) is 24.3 Å². The van der Waals surface area contributed by atoms with Gasteiger partial charge in [-0.1, -0.05) is 17.7 Å². The lowest BCUT2D eigenvalue weighted by Gasteiger charge is -2.09. The molecule has 0 spiro atoms. The number of nitrogens with zero attached hydrogens (tertiary/aromatic N) is 1. The van der Waals surface area contributed by atoms with Crippen LogP contribution in [0.2, 0.25) is 5.02 Å². The average Bonchev–Trinajstić information content (AvgIpc) is 2.46. The molecule has 21 heavy (non-hydrogen) atoms. The minimum atomic E-state index is -0.646. The zero-order valence-corrected chi connectivity index (χ0v) is 11.3. The molecule has 0 bridgehead atoms. The van der Waals surface area contributed by atoms with Crippen LogP contribution < -0.4 is 4.74 Å². The molecular formula is C14H9ClFNO4. The fraction of sp³-hybridized carbons (Fsp3) is 0.0714. The number of rotatable bonds is 5. The van der Waals surface area contributed by atoms with E-state index in [2.05, 4.69) is 0 Å². The molecule has 0 aromatic heterocycles. The second-order valence-corrected chi connectivity index (χ2v) is 4.50. The maximum atomic E-state index is 13.6. The lowest BCUT2D eigenvalue weighted by Crippen LogP contribution is -2.02. The molecule has 5 nitrogen and oxygen atoms in total. The Balaban J connectivity index is 2.30. The van der Waals surface area contributed by atoms with E-state index in [9.17, 15) is 19.3 Å². The molecule has 0 heterocycles. The van der Waals surface area contributed by atoms with Crippen molar-refractivity contribution < 1.29 is 18.8 Å². The smallest absolute Gasteiger partial charge is 0.310 e. The molecule has 0 fully saturated rings. The van der Waals surface area contributed by atoms with Crippen LogP contribution in [0.4, 0.5) is 10.1 Å². The van der Waals surface area contributed by atoms with Crippen molar-refractivity contribution >= 4 is 23.6 Å². The molecule has 2 aromatic carbocycles. The largest absolute Gasteiger partial charge is 0.482 e. The van der Waals surface area contributed by atoms with Crippen LogP contribution in [0.3, 0.4) is 0 Å². The highest BCUT2D eigenvalue weighted by molar-refractivity contribution is 6.31. The SMILES string of the molecule is O=Cc1ccc([N+](=O)[O-])c(OCc2c(F)cccc2Cl)c1. The van der Waals surface area contributed by atoms with Gasteiger partial charge in [-0.15, -0.1) is 0 Å². The van der Waals surface area contributed by atoms with Crippen molar-refractivity contribution in [3.05, 3.63) is 68.5 Å². The van der Waals surface area contributed by atoms with Gasteiger partial charge in [-0.3, -0.25) is 14.9 Å². The zero-order valence-electron chi connectivity index (χ0n) is 10.6. The molecule has 0 aliphatic carbocycles. The molecule has 0 amide bonds. The van der Waals surface area contributed by atoms with E-state index in [0.29, 0.717) is 6.29 Å². The van der Waals surface area contributed by atoms with Crippen LogP contribution in [-0.2, 0) is 6.61 Å². The highest BCUT2D eigenvalue weighted by atomic mass is 35.5. The summed E-state index contributed by atoms with van der Waals surface area (Å²) in [7, 11) is 0. The Hall–Kier alpha value is -2.47. The zero-order chi connectivity index (χ0) is 15.4. The van der Waals surface area contributed by atoms with E-state index in [1.165, 1.54) is 30.3 Å². The molecule has 7 heteroatoms. The minimum Gasteiger partial charge on any atom is -0.482 e. The number of hydrogen-bond donors (Lipinski definition) is 0. The lowest BCUT2D eigenvalue weighted by molar-refractivity contribution is -0.385. The van der Waals surface area contributed by atoms with Gasteiger partial charge >= 0.3 is 5.69 Å². The second kappa shape index (κ2) is 6.32. The molecule has 0 N–H and O–H groups in total. The van der Waals surface area contributed by atoms with E-state index < -0.39 is 10.7 Å². The molecule has 108 valence electrons. The van der Waals surface area contributed by atoms with E-state index in [-0.39, 0.29) is 34.2 Å². The summed E-state index contributed by atoms with van der Waals surface area (Å²) in [6, 6.07) is 7.81. The maximum absolute atomic E-state index is 13.6. The summed E-state index contributed by atoms with van der Waals surface area (Å²) in [6.45, 7) is -0.283. The number of nitro groups is 1. The summed E-state index contributed by atoms with van der Waals surface area (Å²) in [4.78, 5) is 21.0. The van der Waals surface area contributed by atoms with Crippen LogP contribution in [0.25, 0.3) is 0 Å². The van der Waals surface area contributed by atoms with E-state index in [1.807, 2.05) is 0 Å². The Kier molecular flexibility index (Phi) is 4.49. The molecule has 0 atom stereocenters. The Morgan fingerprint density at radius 3 is 2.71 bits per heavy atom. The van der Waals surface area contributed by atoms with Gasteiger partial charge in [-0.25, -0.2) is 4.39 Å². The summed E-state index contributed by atoms with van der Waals surface area (Å²) >= 11 is 5.85. The number of nitro benzene ring substituents is 1. The topological polar surface area (TPSA) is 69.4 Å². The lowest BCUT2D eigenvalue weighted by atomic mass is 10.2. The van der Waals surface area contributed by atoms with Crippen LogP contribution >= 0.6 is 11.6 Å². The average molecular weight is 310 g/mol. The molecule has 0 unspecified atom stereocenters. The van der Waals surface area contributed by atoms with Gasteiger partial charge in [0.1, 0.15) is 18.7 Å². The fourth-order valence-corrected chi connectivity index (χ4v) is 1.91. The van der Waals surface area contributed by atoms with E-state index in [4.69, 9.17) is 16.3 Å². The summed E-state index contributed by atoms with van der Waals surface area (Å²) in [5.41, 5.74) is -0.00624. The molecule has 0 aliphatic rings. The molecule has 2 aromatic rings. The van der Waals surface area contributed by atoms with Crippen molar-refractivity contribution in [2.24, 2.45) is 0 Å². The van der Waals surface area contributed by atoms with Crippen LogP contribution in [0.1, 0.15) is 15.9 Å². The van der Waals surface area contributed by atoms with Gasteiger partial charge in [0.15, 0.2) is 5.75 Å². The van der Waals surface area contributed by atoms with Crippen LogP contribution in [0.5, 0.6) is 5.75 Å². The van der Waals surface area contributed by atoms with E-state index in [1.54, 1.807) is 0 Å². The van der Waals surface area contributed by atoms with Crippen molar-refractivity contribution in [1.29, 1.82) is 0 Å². The number of hydrogen-bond acceptors (Lipinski definition) is 4. The summed E-state index contributed by atoms with van der Waals surface area (Å²) in [5, 5.41) is 11.1. The van der Waals surface area contributed by atoms with Crippen LogP contribution in [-0.4, -0.2) is 11.2 Å². The molecule has 0 saturated heterocycles. The first-order valence-corrected chi connectivity index (χ1v) is 6.20. The number of aldehydes is 1. The Labute approximate surface area is 124 Å². The van der Waals surface area contributed by atoms with E-state index >= 15 is 0 Å². The predicted octanol–water partition coefficient (Wildman–Crippen LogP) is 3.78.